The van der Waals surface area contributed by atoms with Crippen LogP contribution in [0, 0.1) is 5.92 Å². The fraction of sp³-hybridized carbons (Fsp3) is 0.571. The summed E-state index contributed by atoms with van der Waals surface area (Å²) in [6.45, 7) is 9.83. The summed E-state index contributed by atoms with van der Waals surface area (Å²) < 4.78 is 5.35. The lowest BCUT2D eigenvalue weighted by molar-refractivity contribution is 0.317. The van der Waals surface area contributed by atoms with Crippen molar-refractivity contribution < 1.29 is 9.84 Å². The fourth-order valence-electron chi connectivity index (χ4n) is 1.45. The third-order valence-electron chi connectivity index (χ3n) is 2.95. The standard InChI is InChI=1S/C14H23NO2/c1-5-17-14-8-12(6-7-13(14)16)9-15-11(4)10(2)3/h6-8,10-11,15-16H,5,9H2,1-4H3. The smallest absolute Gasteiger partial charge is 0.161 e. The maximum Gasteiger partial charge on any atom is 0.161 e. The highest BCUT2D eigenvalue weighted by Crippen LogP contribution is 2.26. The van der Waals surface area contributed by atoms with Gasteiger partial charge in [-0.15, -0.1) is 0 Å². The average Bonchev–Trinajstić information content (AvgIpc) is 2.29. The lowest BCUT2D eigenvalue weighted by Crippen LogP contribution is -2.30. The molecule has 1 rings (SSSR count). The molecule has 1 atom stereocenters. The van der Waals surface area contributed by atoms with Crippen molar-refractivity contribution in [3.63, 3.8) is 0 Å². The first-order valence-corrected chi connectivity index (χ1v) is 6.22. The van der Waals surface area contributed by atoms with E-state index in [4.69, 9.17) is 4.74 Å². The van der Waals surface area contributed by atoms with E-state index in [1.165, 1.54) is 0 Å². The van der Waals surface area contributed by atoms with Crippen LogP contribution in [-0.2, 0) is 6.54 Å². The van der Waals surface area contributed by atoms with E-state index in [1.54, 1.807) is 6.07 Å². The second-order valence-corrected chi connectivity index (χ2v) is 4.65. The Morgan fingerprint density at radius 1 is 1.29 bits per heavy atom. The molecule has 0 heterocycles. The summed E-state index contributed by atoms with van der Waals surface area (Å²) in [5.74, 6) is 1.37. The van der Waals surface area contributed by atoms with Crippen LogP contribution in [0.2, 0.25) is 0 Å². The van der Waals surface area contributed by atoms with Gasteiger partial charge in [0.2, 0.25) is 0 Å². The summed E-state index contributed by atoms with van der Waals surface area (Å²) in [5, 5.41) is 13.0. The van der Waals surface area contributed by atoms with E-state index >= 15 is 0 Å². The summed E-state index contributed by atoms with van der Waals surface area (Å²) in [5.41, 5.74) is 1.12. The molecule has 0 aromatic heterocycles. The topological polar surface area (TPSA) is 41.5 Å². The summed E-state index contributed by atoms with van der Waals surface area (Å²) in [4.78, 5) is 0. The van der Waals surface area contributed by atoms with Crippen LogP contribution in [0.25, 0.3) is 0 Å². The third-order valence-corrected chi connectivity index (χ3v) is 2.95. The Balaban J connectivity index is 2.62. The molecule has 1 aromatic carbocycles. The number of rotatable bonds is 6. The summed E-state index contributed by atoms with van der Waals surface area (Å²) in [6.07, 6.45) is 0. The number of benzene rings is 1. The number of aromatic hydroxyl groups is 1. The zero-order valence-electron chi connectivity index (χ0n) is 11.2. The molecule has 0 aliphatic heterocycles. The summed E-state index contributed by atoms with van der Waals surface area (Å²) in [7, 11) is 0. The van der Waals surface area contributed by atoms with Crippen molar-refractivity contribution in [2.75, 3.05) is 6.61 Å². The first kappa shape index (κ1) is 13.8. The van der Waals surface area contributed by atoms with E-state index < -0.39 is 0 Å². The molecule has 0 bridgehead atoms. The Hall–Kier alpha value is -1.22. The molecule has 0 spiro atoms. The van der Waals surface area contributed by atoms with Crippen LogP contribution in [-0.4, -0.2) is 17.8 Å². The van der Waals surface area contributed by atoms with E-state index in [1.807, 2.05) is 19.1 Å². The van der Waals surface area contributed by atoms with Crippen LogP contribution in [0.5, 0.6) is 11.5 Å². The average molecular weight is 237 g/mol. The number of ether oxygens (including phenoxy) is 1. The van der Waals surface area contributed by atoms with Crippen molar-refractivity contribution >= 4 is 0 Å². The Bertz CT molecular complexity index is 350. The van der Waals surface area contributed by atoms with Gasteiger partial charge in [-0.1, -0.05) is 19.9 Å². The first-order valence-electron chi connectivity index (χ1n) is 6.22. The molecule has 17 heavy (non-hydrogen) atoms. The van der Waals surface area contributed by atoms with Crippen molar-refractivity contribution in [3.05, 3.63) is 23.8 Å². The van der Waals surface area contributed by atoms with Gasteiger partial charge in [-0.3, -0.25) is 0 Å². The predicted molar refractivity (Wildman–Crippen MR) is 70.4 cm³/mol. The molecule has 0 amide bonds. The molecule has 1 aromatic rings. The van der Waals surface area contributed by atoms with Gasteiger partial charge in [-0.25, -0.2) is 0 Å². The minimum Gasteiger partial charge on any atom is -0.504 e. The molecule has 0 aliphatic carbocycles. The van der Waals surface area contributed by atoms with Gasteiger partial charge in [-0.05, 0) is 37.5 Å². The Morgan fingerprint density at radius 3 is 2.59 bits per heavy atom. The quantitative estimate of drug-likeness (QED) is 0.799. The molecule has 0 fully saturated rings. The van der Waals surface area contributed by atoms with E-state index in [0.717, 1.165) is 12.1 Å². The second kappa shape index (κ2) is 6.50. The van der Waals surface area contributed by atoms with Crippen LogP contribution in [0.1, 0.15) is 33.3 Å². The fourth-order valence-corrected chi connectivity index (χ4v) is 1.45. The molecule has 2 N–H and O–H groups in total. The van der Waals surface area contributed by atoms with Crippen LogP contribution >= 0.6 is 0 Å². The number of hydrogen-bond donors (Lipinski definition) is 2. The lowest BCUT2D eigenvalue weighted by atomic mass is 10.1. The van der Waals surface area contributed by atoms with Gasteiger partial charge in [0, 0.05) is 12.6 Å². The van der Waals surface area contributed by atoms with Crippen molar-refractivity contribution in [2.45, 2.75) is 40.3 Å². The highest BCUT2D eigenvalue weighted by atomic mass is 16.5. The molecule has 0 saturated carbocycles. The zero-order valence-corrected chi connectivity index (χ0v) is 11.2. The van der Waals surface area contributed by atoms with Crippen molar-refractivity contribution in [1.29, 1.82) is 0 Å². The molecule has 96 valence electrons. The van der Waals surface area contributed by atoms with Crippen LogP contribution < -0.4 is 10.1 Å². The first-order chi connectivity index (χ1) is 8.04. The van der Waals surface area contributed by atoms with Gasteiger partial charge in [0.25, 0.3) is 0 Å². The summed E-state index contributed by atoms with van der Waals surface area (Å²) in [6, 6.07) is 5.96. The molecular weight excluding hydrogens is 214 g/mol. The number of phenolic OH excluding ortho intramolecular Hbond substituents is 1. The SMILES string of the molecule is CCOc1cc(CNC(C)C(C)C)ccc1O. The molecule has 3 nitrogen and oxygen atoms in total. The Kier molecular flexibility index (Phi) is 5.29. The van der Waals surface area contributed by atoms with Crippen LogP contribution in [0.4, 0.5) is 0 Å². The highest BCUT2D eigenvalue weighted by Gasteiger charge is 2.07. The molecule has 0 aliphatic rings. The van der Waals surface area contributed by atoms with Gasteiger partial charge >= 0.3 is 0 Å². The summed E-state index contributed by atoms with van der Waals surface area (Å²) >= 11 is 0. The van der Waals surface area contributed by atoms with Crippen molar-refractivity contribution in [3.8, 4) is 11.5 Å². The molecule has 0 radical (unpaired) electrons. The highest BCUT2D eigenvalue weighted by molar-refractivity contribution is 5.41. The maximum absolute atomic E-state index is 9.59. The zero-order chi connectivity index (χ0) is 12.8. The molecular formula is C14H23NO2. The maximum atomic E-state index is 9.59. The van der Waals surface area contributed by atoms with Crippen molar-refractivity contribution in [2.24, 2.45) is 5.92 Å². The number of nitrogens with one attached hydrogen (secondary N) is 1. The largest absolute Gasteiger partial charge is 0.504 e. The lowest BCUT2D eigenvalue weighted by Gasteiger charge is -2.17. The molecule has 1 unspecified atom stereocenters. The van der Waals surface area contributed by atoms with Crippen LogP contribution in [0.3, 0.4) is 0 Å². The molecule has 0 saturated heterocycles. The Labute approximate surface area is 104 Å². The van der Waals surface area contributed by atoms with Crippen molar-refractivity contribution in [1.82, 2.24) is 5.32 Å². The Morgan fingerprint density at radius 2 is 2.00 bits per heavy atom. The normalized spacial score (nSPS) is 12.8. The van der Waals surface area contributed by atoms with E-state index in [-0.39, 0.29) is 5.75 Å². The van der Waals surface area contributed by atoms with E-state index in [2.05, 4.69) is 26.1 Å². The number of phenols is 1. The monoisotopic (exact) mass is 237 g/mol. The second-order valence-electron chi connectivity index (χ2n) is 4.65. The minimum atomic E-state index is 0.201. The van der Waals surface area contributed by atoms with Gasteiger partial charge < -0.3 is 15.2 Å². The van der Waals surface area contributed by atoms with E-state index in [9.17, 15) is 5.11 Å². The van der Waals surface area contributed by atoms with Gasteiger partial charge in [0.05, 0.1) is 6.61 Å². The van der Waals surface area contributed by atoms with E-state index in [0.29, 0.717) is 24.3 Å². The minimum absolute atomic E-state index is 0.201. The van der Waals surface area contributed by atoms with Gasteiger partial charge in [-0.2, -0.15) is 0 Å². The third kappa shape index (κ3) is 4.27. The number of hydrogen-bond acceptors (Lipinski definition) is 3. The van der Waals surface area contributed by atoms with Crippen LogP contribution in [0.15, 0.2) is 18.2 Å². The molecule has 3 heteroatoms. The van der Waals surface area contributed by atoms with Gasteiger partial charge in [0.1, 0.15) is 0 Å². The predicted octanol–water partition coefficient (Wildman–Crippen LogP) is 2.93. The van der Waals surface area contributed by atoms with Gasteiger partial charge in [0.15, 0.2) is 11.5 Å².